The molecule has 0 amide bonds. The monoisotopic (exact) mass is 244 g/mol. The van der Waals surface area contributed by atoms with Crippen LogP contribution < -0.4 is 4.74 Å². The lowest BCUT2D eigenvalue weighted by atomic mass is 10.2. The molecule has 17 heavy (non-hydrogen) atoms. The van der Waals surface area contributed by atoms with Crippen LogP contribution in [-0.4, -0.2) is 5.88 Å². The first kappa shape index (κ1) is 11.7. The van der Waals surface area contributed by atoms with Gasteiger partial charge in [0.25, 0.3) is 0 Å². The van der Waals surface area contributed by atoms with Crippen LogP contribution in [0, 0.1) is 0 Å². The van der Waals surface area contributed by atoms with Crippen LogP contribution in [-0.2, 0) is 0 Å². The van der Waals surface area contributed by atoms with Crippen molar-refractivity contribution in [3.8, 4) is 11.5 Å². The molecule has 0 aromatic heterocycles. The van der Waals surface area contributed by atoms with Gasteiger partial charge in [-0.3, -0.25) is 0 Å². The quantitative estimate of drug-likeness (QED) is 0.707. The van der Waals surface area contributed by atoms with Crippen LogP contribution >= 0.6 is 11.6 Å². The van der Waals surface area contributed by atoms with E-state index in [0.29, 0.717) is 5.88 Å². The van der Waals surface area contributed by atoms with Gasteiger partial charge in [0.1, 0.15) is 11.5 Å². The molecule has 0 heterocycles. The fourth-order valence-corrected chi connectivity index (χ4v) is 1.59. The Morgan fingerprint density at radius 1 is 0.941 bits per heavy atom. The number of para-hydroxylation sites is 2. The van der Waals surface area contributed by atoms with E-state index in [0.717, 1.165) is 17.1 Å². The highest BCUT2D eigenvalue weighted by Crippen LogP contribution is 2.25. The van der Waals surface area contributed by atoms with Crippen LogP contribution in [0.3, 0.4) is 0 Å². The number of rotatable bonds is 4. The molecule has 0 aliphatic heterocycles. The van der Waals surface area contributed by atoms with Crippen molar-refractivity contribution < 1.29 is 4.74 Å². The van der Waals surface area contributed by atoms with Crippen molar-refractivity contribution in [3.05, 3.63) is 66.2 Å². The van der Waals surface area contributed by atoms with Crippen molar-refractivity contribution in [2.45, 2.75) is 0 Å². The van der Waals surface area contributed by atoms with Crippen LogP contribution in [0.15, 0.2) is 60.7 Å². The Kier molecular flexibility index (Phi) is 4.23. The third-order valence-corrected chi connectivity index (χ3v) is 2.45. The SMILES string of the molecule is ClCC=Cc1ccccc1Oc1ccccc1. The maximum Gasteiger partial charge on any atom is 0.134 e. The minimum atomic E-state index is 0.500. The van der Waals surface area contributed by atoms with Gasteiger partial charge in [0.05, 0.1) is 0 Å². The topological polar surface area (TPSA) is 9.23 Å². The largest absolute Gasteiger partial charge is 0.457 e. The zero-order valence-electron chi connectivity index (χ0n) is 9.34. The van der Waals surface area contributed by atoms with E-state index in [9.17, 15) is 0 Å². The second-order valence-corrected chi connectivity index (χ2v) is 3.82. The molecule has 0 N–H and O–H groups in total. The molecule has 0 unspecified atom stereocenters. The summed E-state index contributed by atoms with van der Waals surface area (Å²) in [6, 6.07) is 17.6. The van der Waals surface area contributed by atoms with E-state index in [4.69, 9.17) is 16.3 Å². The van der Waals surface area contributed by atoms with Gasteiger partial charge < -0.3 is 4.74 Å². The normalized spacial score (nSPS) is 10.6. The molecular weight excluding hydrogens is 232 g/mol. The highest BCUT2D eigenvalue weighted by Gasteiger charge is 2.00. The maximum atomic E-state index is 5.81. The zero-order chi connectivity index (χ0) is 11.9. The van der Waals surface area contributed by atoms with Crippen LogP contribution in [0.2, 0.25) is 0 Å². The van der Waals surface area contributed by atoms with Crippen LogP contribution in [0.5, 0.6) is 11.5 Å². The lowest BCUT2D eigenvalue weighted by Gasteiger charge is -2.08. The lowest BCUT2D eigenvalue weighted by Crippen LogP contribution is -1.86. The Hall–Kier alpha value is -1.73. The van der Waals surface area contributed by atoms with E-state index < -0.39 is 0 Å². The number of benzene rings is 2. The molecule has 0 saturated heterocycles. The van der Waals surface area contributed by atoms with Crippen molar-refractivity contribution >= 4 is 17.7 Å². The minimum absolute atomic E-state index is 0.500. The predicted octanol–water partition coefficient (Wildman–Crippen LogP) is 4.73. The molecule has 0 bridgehead atoms. The number of alkyl halides is 1. The van der Waals surface area contributed by atoms with E-state index >= 15 is 0 Å². The van der Waals surface area contributed by atoms with Gasteiger partial charge in [0, 0.05) is 11.4 Å². The zero-order valence-corrected chi connectivity index (χ0v) is 10.1. The minimum Gasteiger partial charge on any atom is -0.457 e. The standard InChI is InChI=1S/C15H13ClO/c16-12-6-8-13-7-4-5-11-15(13)17-14-9-2-1-3-10-14/h1-11H,12H2. The summed E-state index contributed by atoms with van der Waals surface area (Å²) >= 11 is 5.64. The number of hydrogen-bond donors (Lipinski definition) is 0. The van der Waals surface area contributed by atoms with Gasteiger partial charge in [0.15, 0.2) is 0 Å². The number of ether oxygens (including phenoxy) is 1. The van der Waals surface area contributed by atoms with Crippen molar-refractivity contribution in [1.82, 2.24) is 0 Å². The Labute approximate surface area is 106 Å². The summed E-state index contributed by atoms with van der Waals surface area (Å²) in [6.07, 6.45) is 3.86. The van der Waals surface area contributed by atoms with E-state index in [1.165, 1.54) is 0 Å². The molecule has 2 aromatic rings. The van der Waals surface area contributed by atoms with Gasteiger partial charge in [-0.2, -0.15) is 0 Å². The van der Waals surface area contributed by atoms with Gasteiger partial charge in [-0.1, -0.05) is 48.6 Å². The molecule has 2 aromatic carbocycles. The molecule has 1 nitrogen and oxygen atoms in total. The van der Waals surface area contributed by atoms with E-state index in [-0.39, 0.29) is 0 Å². The van der Waals surface area contributed by atoms with E-state index in [1.807, 2.05) is 66.7 Å². The second kappa shape index (κ2) is 6.12. The first-order valence-corrected chi connectivity index (χ1v) is 5.98. The summed E-state index contributed by atoms with van der Waals surface area (Å²) in [5.41, 5.74) is 1.03. The molecule has 0 atom stereocenters. The summed E-state index contributed by atoms with van der Waals surface area (Å²) in [4.78, 5) is 0. The molecule has 0 fully saturated rings. The molecule has 0 spiro atoms. The maximum absolute atomic E-state index is 5.81. The molecule has 0 radical (unpaired) electrons. The van der Waals surface area contributed by atoms with Crippen molar-refractivity contribution in [2.24, 2.45) is 0 Å². The summed E-state index contributed by atoms with van der Waals surface area (Å²) in [7, 11) is 0. The first-order valence-electron chi connectivity index (χ1n) is 5.44. The average molecular weight is 245 g/mol. The van der Waals surface area contributed by atoms with Gasteiger partial charge in [0.2, 0.25) is 0 Å². The molecule has 86 valence electrons. The fraction of sp³-hybridized carbons (Fsp3) is 0.0667. The molecular formula is C15H13ClO. The highest BCUT2D eigenvalue weighted by molar-refractivity contribution is 6.19. The smallest absolute Gasteiger partial charge is 0.134 e. The number of allylic oxidation sites excluding steroid dienone is 1. The Morgan fingerprint density at radius 2 is 1.65 bits per heavy atom. The molecule has 2 heteroatoms. The summed E-state index contributed by atoms with van der Waals surface area (Å²) in [5, 5.41) is 0. The van der Waals surface area contributed by atoms with E-state index in [1.54, 1.807) is 0 Å². The predicted molar refractivity (Wildman–Crippen MR) is 72.7 cm³/mol. The molecule has 0 aliphatic rings. The lowest BCUT2D eigenvalue weighted by molar-refractivity contribution is 0.481. The Balaban J connectivity index is 2.23. The second-order valence-electron chi connectivity index (χ2n) is 3.51. The molecule has 0 saturated carbocycles. The number of halogens is 1. The Morgan fingerprint density at radius 3 is 2.41 bits per heavy atom. The van der Waals surface area contributed by atoms with Crippen molar-refractivity contribution in [1.29, 1.82) is 0 Å². The Bertz CT molecular complexity index is 491. The van der Waals surface area contributed by atoms with Crippen LogP contribution in [0.1, 0.15) is 5.56 Å². The summed E-state index contributed by atoms with van der Waals surface area (Å²) < 4.78 is 5.81. The summed E-state index contributed by atoms with van der Waals surface area (Å²) in [6.45, 7) is 0. The highest BCUT2D eigenvalue weighted by atomic mass is 35.5. The third-order valence-electron chi connectivity index (χ3n) is 2.28. The number of hydrogen-bond acceptors (Lipinski definition) is 1. The summed E-state index contributed by atoms with van der Waals surface area (Å²) in [5.74, 6) is 2.17. The van der Waals surface area contributed by atoms with Gasteiger partial charge in [-0.15, -0.1) is 11.6 Å². The van der Waals surface area contributed by atoms with Crippen molar-refractivity contribution in [2.75, 3.05) is 5.88 Å². The van der Waals surface area contributed by atoms with Crippen molar-refractivity contribution in [3.63, 3.8) is 0 Å². The van der Waals surface area contributed by atoms with Gasteiger partial charge in [-0.25, -0.2) is 0 Å². The third kappa shape index (κ3) is 3.36. The van der Waals surface area contributed by atoms with Crippen LogP contribution in [0.4, 0.5) is 0 Å². The van der Waals surface area contributed by atoms with Gasteiger partial charge in [-0.05, 0) is 18.2 Å². The first-order chi connectivity index (χ1) is 8.40. The van der Waals surface area contributed by atoms with Gasteiger partial charge >= 0.3 is 0 Å². The van der Waals surface area contributed by atoms with E-state index in [2.05, 4.69) is 0 Å². The molecule has 2 rings (SSSR count). The average Bonchev–Trinajstić information content (AvgIpc) is 2.39. The molecule has 0 aliphatic carbocycles. The fourth-order valence-electron chi connectivity index (χ4n) is 1.50. The van der Waals surface area contributed by atoms with Crippen LogP contribution in [0.25, 0.3) is 6.08 Å².